The lowest BCUT2D eigenvalue weighted by atomic mass is 10.0. The van der Waals surface area contributed by atoms with Crippen LogP contribution in [0.25, 0.3) is 0 Å². The summed E-state index contributed by atoms with van der Waals surface area (Å²) in [5.74, 6) is 0. The molecule has 0 fully saturated rings. The van der Waals surface area contributed by atoms with Gasteiger partial charge in [0.25, 0.3) is 0 Å². The third-order valence-electron chi connectivity index (χ3n) is 5.41. The standard InChI is InChI=1S/C23H51NSi/c1-2-3-4-5-6-7-8-9-10-11-12-13-14-15-16-17-18-19-21-24-22-20-23-25/h24H,2-23H2,1,25H3. The zero-order valence-electron chi connectivity index (χ0n) is 18.1. The van der Waals surface area contributed by atoms with Crippen LogP contribution >= 0.6 is 0 Å². The molecule has 0 saturated heterocycles. The highest BCUT2D eigenvalue weighted by Crippen LogP contribution is 2.14. The molecule has 0 aromatic heterocycles. The van der Waals surface area contributed by atoms with Crippen molar-refractivity contribution >= 4 is 10.2 Å². The predicted octanol–water partition coefficient (Wildman–Crippen LogP) is 6.79. The predicted molar refractivity (Wildman–Crippen MR) is 121 cm³/mol. The molecule has 0 amide bonds. The summed E-state index contributed by atoms with van der Waals surface area (Å²) in [5, 5.41) is 3.56. The molecule has 0 rings (SSSR count). The summed E-state index contributed by atoms with van der Waals surface area (Å²) in [4.78, 5) is 0. The van der Waals surface area contributed by atoms with E-state index in [0.717, 1.165) is 0 Å². The Morgan fingerprint density at radius 3 is 1.12 bits per heavy atom. The number of nitrogens with one attached hydrogen (secondary N) is 1. The van der Waals surface area contributed by atoms with E-state index in [1.807, 2.05) is 0 Å². The summed E-state index contributed by atoms with van der Waals surface area (Å²) in [5.41, 5.74) is 0. The van der Waals surface area contributed by atoms with E-state index in [9.17, 15) is 0 Å². The van der Waals surface area contributed by atoms with Crippen LogP contribution in [0.4, 0.5) is 0 Å². The molecule has 0 aromatic rings. The second kappa shape index (κ2) is 24.2. The lowest BCUT2D eigenvalue weighted by molar-refractivity contribution is 0.522. The zero-order chi connectivity index (χ0) is 18.3. The number of hydrogen-bond acceptors (Lipinski definition) is 1. The van der Waals surface area contributed by atoms with E-state index in [2.05, 4.69) is 12.2 Å². The third kappa shape index (κ3) is 24.2. The maximum absolute atomic E-state index is 3.56. The molecule has 0 aliphatic rings. The Kier molecular flexibility index (Phi) is 24.3. The van der Waals surface area contributed by atoms with Crippen LogP contribution in [0.1, 0.15) is 129 Å². The van der Waals surface area contributed by atoms with Crippen molar-refractivity contribution in [3.63, 3.8) is 0 Å². The topological polar surface area (TPSA) is 12.0 Å². The van der Waals surface area contributed by atoms with E-state index in [0.29, 0.717) is 0 Å². The molecule has 152 valence electrons. The van der Waals surface area contributed by atoms with Gasteiger partial charge in [0.05, 0.1) is 0 Å². The fraction of sp³-hybridized carbons (Fsp3) is 1.00. The molecule has 0 heterocycles. The van der Waals surface area contributed by atoms with Gasteiger partial charge >= 0.3 is 0 Å². The Morgan fingerprint density at radius 2 is 0.760 bits per heavy atom. The van der Waals surface area contributed by atoms with Crippen LogP contribution in [0.15, 0.2) is 0 Å². The lowest BCUT2D eigenvalue weighted by Crippen LogP contribution is -2.16. The van der Waals surface area contributed by atoms with Crippen molar-refractivity contribution < 1.29 is 0 Å². The van der Waals surface area contributed by atoms with E-state index >= 15 is 0 Å². The van der Waals surface area contributed by atoms with Gasteiger partial charge in [0.15, 0.2) is 0 Å². The first-order valence-electron chi connectivity index (χ1n) is 12.1. The van der Waals surface area contributed by atoms with Crippen molar-refractivity contribution in [1.82, 2.24) is 5.32 Å². The lowest BCUT2D eigenvalue weighted by Gasteiger charge is -2.05. The molecule has 0 unspecified atom stereocenters. The zero-order valence-corrected chi connectivity index (χ0v) is 20.1. The van der Waals surface area contributed by atoms with E-state index in [-0.39, 0.29) is 0 Å². The maximum Gasteiger partial charge on any atom is 0.00286 e. The van der Waals surface area contributed by atoms with E-state index in [4.69, 9.17) is 0 Å². The number of hydrogen-bond donors (Lipinski definition) is 1. The molecule has 0 spiro atoms. The van der Waals surface area contributed by atoms with Gasteiger partial charge in [-0.1, -0.05) is 122 Å². The first-order valence-corrected chi connectivity index (χ1v) is 13.5. The summed E-state index contributed by atoms with van der Waals surface area (Å²) < 4.78 is 0. The van der Waals surface area contributed by atoms with Gasteiger partial charge < -0.3 is 5.32 Å². The fourth-order valence-corrected chi connectivity index (χ4v) is 3.93. The van der Waals surface area contributed by atoms with Crippen LogP contribution in [-0.4, -0.2) is 23.3 Å². The molecular weight excluding hydrogens is 318 g/mol. The molecule has 0 saturated carbocycles. The van der Waals surface area contributed by atoms with Gasteiger partial charge in [-0.05, 0) is 25.9 Å². The number of unbranched alkanes of at least 4 members (excludes halogenated alkanes) is 17. The smallest absolute Gasteiger partial charge is 0.00286 e. The molecular formula is C23H51NSi. The minimum atomic E-state index is 1.25. The quantitative estimate of drug-likeness (QED) is 0.163. The second-order valence-corrected chi connectivity index (χ2v) is 9.11. The maximum atomic E-state index is 3.56. The van der Waals surface area contributed by atoms with Crippen LogP contribution in [0.3, 0.4) is 0 Å². The average molecular weight is 370 g/mol. The van der Waals surface area contributed by atoms with E-state index in [1.165, 1.54) is 151 Å². The summed E-state index contributed by atoms with van der Waals surface area (Å²) in [6.45, 7) is 4.80. The SMILES string of the molecule is CCCCCCCCCCCCCCCCCCCCNCCC[SiH3]. The Morgan fingerprint density at radius 1 is 0.440 bits per heavy atom. The minimum Gasteiger partial charge on any atom is -0.317 e. The Bertz CT molecular complexity index is 198. The first-order chi connectivity index (χ1) is 12.4. The second-order valence-electron chi connectivity index (χ2n) is 8.11. The van der Waals surface area contributed by atoms with Gasteiger partial charge in [-0.3, -0.25) is 0 Å². The van der Waals surface area contributed by atoms with E-state index in [1.54, 1.807) is 0 Å². The van der Waals surface area contributed by atoms with Gasteiger partial charge in [0.2, 0.25) is 0 Å². The molecule has 0 aliphatic carbocycles. The summed E-state index contributed by atoms with van der Waals surface area (Å²) in [6.07, 6.45) is 27.8. The Hall–Kier alpha value is 0.177. The molecule has 1 N–H and O–H groups in total. The van der Waals surface area contributed by atoms with Crippen molar-refractivity contribution in [2.75, 3.05) is 13.1 Å². The van der Waals surface area contributed by atoms with Gasteiger partial charge in [0, 0.05) is 10.2 Å². The molecule has 25 heavy (non-hydrogen) atoms. The van der Waals surface area contributed by atoms with Crippen molar-refractivity contribution in [2.24, 2.45) is 0 Å². The van der Waals surface area contributed by atoms with Crippen LogP contribution in [0, 0.1) is 0 Å². The minimum absolute atomic E-state index is 1.25. The van der Waals surface area contributed by atoms with Crippen LogP contribution < -0.4 is 5.32 Å². The van der Waals surface area contributed by atoms with Crippen LogP contribution in [-0.2, 0) is 0 Å². The van der Waals surface area contributed by atoms with Gasteiger partial charge in [-0.25, -0.2) is 0 Å². The van der Waals surface area contributed by atoms with Gasteiger partial charge in [-0.15, -0.1) is 0 Å². The Labute approximate surface area is 163 Å². The summed E-state index contributed by atoms with van der Waals surface area (Å²) >= 11 is 0. The van der Waals surface area contributed by atoms with Gasteiger partial charge in [0.1, 0.15) is 0 Å². The highest BCUT2D eigenvalue weighted by Gasteiger charge is 1.95. The van der Waals surface area contributed by atoms with Crippen molar-refractivity contribution in [3.8, 4) is 0 Å². The average Bonchev–Trinajstić information content (AvgIpc) is 2.63. The normalized spacial score (nSPS) is 11.4. The van der Waals surface area contributed by atoms with Crippen LogP contribution in [0.5, 0.6) is 0 Å². The van der Waals surface area contributed by atoms with E-state index < -0.39 is 0 Å². The van der Waals surface area contributed by atoms with Crippen molar-refractivity contribution in [3.05, 3.63) is 0 Å². The first kappa shape index (κ1) is 25.2. The summed E-state index contributed by atoms with van der Waals surface area (Å²) in [7, 11) is 1.37. The largest absolute Gasteiger partial charge is 0.317 e. The Balaban J connectivity index is 2.94. The molecule has 0 radical (unpaired) electrons. The van der Waals surface area contributed by atoms with Crippen molar-refractivity contribution in [1.29, 1.82) is 0 Å². The van der Waals surface area contributed by atoms with Crippen molar-refractivity contribution in [2.45, 2.75) is 135 Å². The molecule has 0 bridgehead atoms. The molecule has 0 aromatic carbocycles. The summed E-state index contributed by atoms with van der Waals surface area (Å²) in [6, 6.07) is 1.45. The fourth-order valence-electron chi connectivity index (χ4n) is 3.58. The highest BCUT2D eigenvalue weighted by molar-refractivity contribution is 6.08. The van der Waals surface area contributed by atoms with Gasteiger partial charge in [-0.2, -0.15) is 0 Å². The molecule has 0 aliphatic heterocycles. The highest BCUT2D eigenvalue weighted by atomic mass is 28.1. The molecule has 0 atom stereocenters. The third-order valence-corrected chi connectivity index (χ3v) is 6.12. The monoisotopic (exact) mass is 369 g/mol. The molecule has 2 heteroatoms. The number of rotatable bonds is 22. The van der Waals surface area contributed by atoms with Crippen LogP contribution in [0.2, 0.25) is 6.04 Å². The molecule has 1 nitrogen and oxygen atoms in total.